The Morgan fingerprint density at radius 3 is 2.77 bits per heavy atom. The summed E-state index contributed by atoms with van der Waals surface area (Å²) >= 11 is 1.73. The normalized spacial score (nSPS) is 15.5. The fraction of sp³-hybridized carbons (Fsp3) is 0.500. The van der Waals surface area contributed by atoms with Crippen LogP contribution in [0.15, 0.2) is 35.7 Å². The molecule has 3 amide bonds. The standard InChI is InChI=1S/C24H33N3O3S/c1-5-12-25-24(29)27(17(2)3)15-23(28)26-13-10-22-19(11-14-31-22)20(26)16-30-21-9-7-6-8-18(21)4/h6-9,11,14,17,20H,5,10,12-13,15-16H2,1-4H3,(H,25,29)/t20-/m1/s1. The van der Waals surface area contributed by atoms with Crippen molar-refractivity contribution in [2.75, 3.05) is 26.2 Å². The number of aryl methyl sites for hydroxylation is 1. The summed E-state index contributed by atoms with van der Waals surface area (Å²) in [5.74, 6) is 0.788. The molecule has 2 aromatic rings. The van der Waals surface area contributed by atoms with Crippen LogP contribution in [0.4, 0.5) is 4.79 Å². The maximum absolute atomic E-state index is 13.4. The van der Waals surface area contributed by atoms with E-state index in [9.17, 15) is 9.59 Å². The van der Waals surface area contributed by atoms with E-state index in [4.69, 9.17) is 4.74 Å². The lowest BCUT2D eigenvalue weighted by Gasteiger charge is -2.37. The Bertz CT molecular complexity index is 896. The molecular formula is C24H33N3O3S. The lowest BCUT2D eigenvalue weighted by molar-refractivity contribution is -0.135. The van der Waals surface area contributed by atoms with Crippen LogP contribution < -0.4 is 10.1 Å². The average Bonchev–Trinajstić information content (AvgIpc) is 3.23. The minimum Gasteiger partial charge on any atom is -0.491 e. The minimum atomic E-state index is -0.189. The van der Waals surface area contributed by atoms with Gasteiger partial charge < -0.3 is 19.9 Å². The zero-order valence-corrected chi connectivity index (χ0v) is 19.7. The third kappa shape index (κ3) is 5.58. The van der Waals surface area contributed by atoms with Gasteiger partial charge in [0, 0.05) is 24.0 Å². The Morgan fingerprint density at radius 2 is 2.06 bits per heavy atom. The predicted octanol–water partition coefficient (Wildman–Crippen LogP) is 4.39. The van der Waals surface area contributed by atoms with Gasteiger partial charge in [-0.05, 0) is 62.3 Å². The molecule has 0 fully saturated rings. The van der Waals surface area contributed by atoms with Crippen molar-refractivity contribution in [1.29, 1.82) is 0 Å². The van der Waals surface area contributed by atoms with E-state index >= 15 is 0 Å². The van der Waals surface area contributed by atoms with Crippen molar-refractivity contribution in [1.82, 2.24) is 15.1 Å². The van der Waals surface area contributed by atoms with Gasteiger partial charge in [0.25, 0.3) is 0 Å². The van der Waals surface area contributed by atoms with Crippen LogP contribution in [0.1, 0.15) is 49.2 Å². The number of para-hydroxylation sites is 1. The van der Waals surface area contributed by atoms with Gasteiger partial charge in [-0.25, -0.2) is 4.79 Å². The van der Waals surface area contributed by atoms with E-state index in [2.05, 4.69) is 16.8 Å². The van der Waals surface area contributed by atoms with Crippen molar-refractivity contribution in [2.45, 2.75) is 52.6 Å². The van der Waals surface area contributed by atoms with Crippen molar-refractivity contribution in [3.63, 3.8) is 0 Å². The monoisotopic (exact) mass is 443 g/mol. The Balaban J connectivity index is 1.76. The summed E-state index contributed by atoms with van der Waals surface area (Å²) < 4.78 is 6.15. The number of nitrogens with one attached hydrogen (secondary N) is 1. The highest BCUT2D eigenvalue weighted by Gasteiger charge is 2.34. The van der Waals surface area contributed by atoms with E-state index in [0.29, 0.717) is 19.7 Å². The van der Waals surface area contributed by atoms with Gasteiger partial charge in [-0.3, -0.25) is 4.79 Å². The highest BCUT2D eigenvalue weighted by atomic mass is 32.1. The molecule has 1 aromatic carbocycles. The van der Waals surface area contributed by atoms with Gasteiger partial charge in [0.05, 0.1) is 6.04 Å². The number of hydrogen-bond acceptors (Lipinski definition) is 4. The number of carbonyl (C=O) groups is 2. The van der Waals surface area contributed by atoms with Crippen LogP contribution in [0.3, 0.4) is 0 Å². The first-order valence-corrected chi connectivity index (χ1v) is 11.9. The number of amides is 3. The number of urea groups is 1. The van der Waals surface area contributed by atoms with E-state index in [1.165, 1.54) is 4.88 Å². The molecule has 0 aliphatic carbocycles. The number of ether oxygens (including phenoxy) is 1. The number of fused-ring (bicyclic) bond motifs is 1. The van der Waals surface area contributed by atoms with Gasteiger partial charge in [-0.15, -0.1) is 11.3 Å². The summed E-state index contributed by atoms with van der Waals surface area (Å²) in [5, 5.41) is 4.97. The van der Waals surface area contributed by atoms with Crippen molar-refractivity contribution in [2.24, 2.45) is 0 Å². The molecule has 0 bridgehead atoms. The van der Waals surface area contributed by atoms with E-state index in [1.807, 2.05) is 56.9 Å². The lowest BCUT2D eigenvalue weighted by atomic mass is 10.00. The quantitative estimate of drug-likeness (QED) is 0.658. The Morgan fingerprint density at radius 1 is 1.29 bits per heavy atom. The van der Waals surface area contributed by atoms with E-state index in [1.54, 1.807) is 16.2 Å². The molecule has 1 N–H and O–H groups in total. The molecule has 1 atom stereocenters. The molecular weight excluding hydrogens is 410 g/mol. The predicted molar refractivity (Wildman–Crippen MR) is 125 cm³/mol. The van der Waals surface area contributed by atoms with Crippen LogP contribution in [0.25, 0.3) is 0 Å². The second-order valence-electron chi connectivity index (χ2n) is 8.18. The highest BCUT2D eigenvalue weighted by molar-refractivity contribution is 7.10. The molecule has 1 aliphatic heterocycles. The maximum atomic E-state index is 13.4. The van der Waals surface area contributed by atoms with Gasteiger partial charge >= 0.3 is 6.03 Å². The van der Waals surface area contributed by atoms with Crippen molar-refractivity contribution >= 4 is 23.3 Å². The first-order chi connectivity index (χ1) is 14.9. The van der Waals surface area contributed by atoms with E-state index < -0.39 is 0 Å². The summed E-state index contributed by atoms with van der Waals surface area (Å²) in [4.78, 5) is 30.7. The number of carbonyl (C=O) groups excluding carboxylic acids is 2. The molecule has 1 aliphatic rings. The van der Waals surface area contributed by atoms with Gasteiger partial charge in [-0.2, -0.15) is 0 Å². The number of hydrogen-bond donors (Lipinski definition) is 1. The number of nitrogens with zero attached hydrogens (tertiary/aromatic N) is 2. The molecule has 0 saturated carbocycles. The van der Waals surface area contributed by atoms with Crippen LogP contribution in [0.2, 0.25) is 0 Å². The maximum Gasteiger partial charge on any atom is 0.318 e. The summed E-state index contributed by atoms with van der Waals surface area (Å²) in [6.07, 6.45) is 1.69. The molecule has 0 radical (unpaired) electrons. The number of rotatable bonds is 8. The molecule has 0 saturated heterocycles. The van der Waals surface area contributed by atoms with Gasteiger partial charge in [-0.1, -0.05) is 25.1 Å². The van der Waals surface area contributed by atoms with Crippen molar-refractivity contribution in [3.8, 4) is 5.75 Å². The number of benzene rings is 1. The van der Waals surface area contributed by atoms with E-state index in [-0.39, 0.29) is 30.6 Å². The van der Waals surface area contributed by atoms with Crippen LogP contribution in [0, 0.1) is 6.92 Å². The topological polar surface area (TPSA) is 61.9 Å². The molecule has 31 heavy (non-hydrogen) atoms. The molecule has 0 spiro atoms. The van der Waals surface area contributed by atoms with Gasteiger partial charge in [0.1, 0.15) is 18.9 Å². The minimum absolute atomic E-state index is 0.0458. The number of thiophene rings is 1. The lowest BCUT2D eigenvalue weighted by Crippen LogP contribution is -2.51. The average molecular weight is 444 g/mol. The highest BCUT2D eigenvalue weighted by Crippen LogP contribution is 2.34. The van der Waals surface area contributed by atoms with E-state index in [0.717, 1.165) is 29.7 Å². The van der Waals surface area contributed by atoms with Crippen molar-refractivity contribution in [3.05, 3.63) is 51.7 Å². The Labute approximate surface area is 189 Å². The van der Waals surface area contributed by atoms with Crippen LogP contribution >= 0.6 is 11.3 Å². The molecule has 168 valence electrons. The zero-order valence-electron chi connectivity index (χ0n) is 18.9. The molecule has 1 aromatic heterocycles. The SMILES string of the molecule is CCCNC(=O)N(CC(=O)N1CCc2sccc2[C@H]1COc1ccccc1C)C(C)C. The first kappa shape index (κ1) is 23.1. The first-order valence-electron chi connectivity index (χ1n) is 11.0. The van der Waals surface area contributed by atoms with Crippen LogP contribution in [-0.4, -0.2) is 54.0 Å². The molecule has 3 rings (SSSR count). The van der Waals surface area contributed by atoms with Crippen LogP contribution in [0.5, 0.6) is 5.75 Å². The summed E-state index contributed by atoms with van der Waals surface area (Å²) in [6, 6.07) is 9.60. The van der Waals surface area contributed by atoms with Gasteiger partial charge in [0.15, 0.2) is 0 Å². The fourth-order valence-corrected chi connectivity index (χ4v) is 4.75. The third-order valence-electron chi connectivity index (χ3n) is 5.62. The summed E-state index contributed by atoms with van der Waals surface area (Å²) in [5.41, 5.74) is 2.23. The molecule has 0 unspecified atom stereocenters. The molecule has 6 nitrogen and oxygen atoms in total. The Kier molecular flexibility index (Phi) is 7.96. The Hall–Kier alpha value is -2.54. The zero-order chi connectivity index (χ0) is 22.4. The van der Waals surface area contributed by atoms with Gasteiger partial charge in [0.2, 0.25) is 5.91 Å². The van der Waals surface area contributed by atoms with Crippen molar-refractivity contribution < 1.29 is 14.3 Å². The summed E-state index contributed by atoms with van der Waals surface area (Å²) in [7, 11) is 0. The molecule has 7 heteroatoms. The third-order valence-corrected chi connectivity index (χ3v) is 6.62. The largest absolute Gasteiger partial charge is 0.491 e. The molecule has 2 heterocycles. The summed E-state index contributed by atoms with van der Waals surface area (Å²) in [6.45, 7) is 9.59. The second kappa shape index (κ2) is 10.7. The second-order valence-corrected chi connectivity index (χ2v) is 9.18. The smallest absolute Gasteiger partial charge is 0.318 e. The van der Waals surface area contributed by atoms with Crippen LogP contribution in [-0.2, 0) is 11.2 Å². The fourth-order valence-electron chi connectivity index (χ4n) is 3.82.